The highest BCUT2D eigenvalue weighted by molar-refractivity contribution is 6.09. The molecule has 124 valence electrons. The van der Waals surface area contributed by atoms with E-state index in [4.69, 9.17) is 0 Å². The molecule has 2 aromatic rings. The molecule has 2 amide bonds. The van der Waals surface area contributed by atoms with Gasteiger partial charge in [0.25, 0.3) is 0 Å². The van der Waals surface area contributed by atoms with Crippen molar-refractivity contribution in [3.63, 3.8) is 0 Å². The minimum absolute atomic E-state index is 0.106. The molecule has 1 aliphatic rings. The van der Waals surface area contributed by atoms with Gasteiger partial charge in [-0.25, -0.2) is 0 Å². The summed E-state index contributed by atoms with van der Waals surface area (Å²) in [6.07, 6.45) is 0.562. The third-order valence-electron chi connectivity index (χ3n) is 4.35. The standard InChI is InChI=1S/C20H22N2O2/c1-14-10-15(2)12-17(11-14)22-9-8-18(20(22)24)19(23)21-13-16-6-4-3-5-7-16/h3-7,10-12,18H,8-9,13H2,1-2H3,(H,21,23). The molecule has 0 aromatic heterocycles. The molecule has 3 rings (SSSR count). The minimum Gasteiger partial charge on any atom is -0.351 e. The van der Waals surface area contributed by atoms with Gasteiger partial charge in [-0.15, -0.1) is 0 Å². The van der Waals surface area contributed by atoms with Crippen LogP contribution in [0.2, 0.25) is 0 Å². The number of amides is 2. The summed E-state index contributed by atoms with van der Waals surface area (Å²) in [5.74, 6) is -0.879. The van der Waals surface area contributed by atoms with Gasteiger partial charge in [0.15, 0.2) is 0 Å². The largest absolute Gasteiger partial charge is 0.351 e. The Hall–Kier alpha value is -2.62. The zero-order valence-corrected chi connectivity index (χ0v) is 14.1. The second-order valence-electron chi connectivity index (χ2n) is 6.38. The van der Waals surface area contributed by atoms with E-state index in [0.717, 1.165) is 22.4 Å². The lowest BCUT2D eigenvalue weighted by atomic mass is 10.1. The number of nitrogens with one attached hydrogen (secondary N) is 1. The molecular formula is C20H22N2O2. The number of carbonyl (C=O) groups excluding carboxylic acids is 2. The predicted octanol–water partition coefficient (Wildman–Crippen LogP) is 2.97. The van der Waals surface area contributed by atoms with Crippen LogP contribution in [-0.4, -0.2) is 18.4 Å². The van der Waals surface area contributed by atoms with Crippen LogP contribution in [0.15, 0.2) is 48.5 Å². The summed E-state index contributed by atoms with van der Waals surface area (Å²) in [6.45, 7) is 5.07. The van der Waals surface area contributed by atoms with Crippen LogP contribution in [0, 0.1) is 19.8 Å². The lowest BCUT2D eigenvalue weighted by Gasteiger charge is -2.18. The maximum absolute atomic E-state index is 12.6. The SMILES string of the molecule is Cc1cc(C)cc(N2CCC(C(=O)NCc3ccccc3)C2=O)c1. The molecule has 0 bridgehead atoms. The van der Waals surface area contributed by atoms with E-state index in [1.165, 1.54) is 0 Å². The number of nitrogens with zero attached hydrogens (tertiary/aromatic N) is 1. The van der Waals surface area contributed by atoms with Gasteiger partial charge in [-0.1, -0.05) is 36.4 Å². The van der Waals surface area contributed by atoms with E-state index in [-0.39, 0.29) is 11.8 Å². The normalized spacial score (nSPS) is 17.2. The minimum atomic E-state index is -0.588. The Kier molecular flexibility index (Phi) is 4.65. The summed E-state index contributed by atoms with van der Waals surface area (Å²) in [5.41, 5.74) is 4.16. The lowest BCUT2D eigenvalue weighted by Crippen LogP contribution is -2.36. The number of benzene rings is 2. The molecule has 1 fully saturated rings. The van der Waals surface area contributed by atoms with Gasteiger partial charge >= 0.3 is 0 Å². The summed E-state index contributed by atoms with van der Waals surface area (Å²) in [7, 11) is 0. The Morgan fingerprint density at radius 3 is 2.46 bits per heavy atom. The van der Waals surface area contributed by atoms with Crippen LogP contribution >= 0.6 is 0 Å². The molecule has 0 radical (unpaired) electrons. The van der Waals surface area contributed by atoms with Crippen molar-refractivity contribution in [1.82, 2.24) is 5.32 Å². The van der Waals surface area contributed by atoms with Gasteiger partial charge in [-0.3, -0.25) is 9.59 Å². The van der Waals surface area contributed by atoms with Gasteiger partial charge < -0.3 is 10.2 Å². The van der Waals surface area contributed by atoms with E-state index in [9.17, 15) is 9.59 Å². The van der Waals surface area contributed by atoms with Crippen LogP contribution in [0.5, 0.6) is 0 Å². The molecular weight excluding hydrogens is 300 g/mol. The van der Waals surface area contributed by atoms with E-state index in [1.54, 1.807) is 4.90 Å². The van der Waals surface area contributed by atoms with Crippen LogP contribution in [0.4, 0.5) is 5.69 Å². The number of hydrogen-bond acceptors (Lipinski definition) is 2. The van der Waals surface area contributed by atoms with Crippen molar-refractivity contribution in [2.75, 3.05) is 11.4 Å². The Balaban J connectivity index is 1.66. The molecule has 0 spiro atoms. The van der Waals surface area contributed by atoms with Crippen molar-refractivity contribution < 1.29 is 9.59 Å². The molecule has 1 saturated heterocycles. The van der Waals surface area contributed by atoms with Crippen LogP contribution in [-0.2, 0) is 16.1 Å². The number of aryl methyl sites for hydroxylation is 2. The highest BCUT2D eigenvalue weighted by atomic mass is 16.2. The first-order valence-corrected chi connectivity index (χ1v) is 8.26. The first kappa shape index (κ1) is 16.2. The van der Waals surface area contributed by atoms with E-state index < -0.39 is 5.92 Å². The summed E-state index contributed by atoms with van der Waals surface area (Å²) in [6, 6.07) is 15.8. The van der Waals surface area contributed by atoms with Crippen molar-refractivity contribution in [2.24, 2.45) is 5.92 Å². The summed E-state index contributed by atoms with van der Waals surface area (Å²) in [5, 5.41) is 2.88. The molecule has 1 N–H and O–H groups in total. The van der Waals surface area contributed by atoms with Crippen molar-refractivity contribution >= 4 is 17.5 Å². The molecule has 24 heavy (non-hydrogen) atoms. The Morgan fingerprint density at radius 1 is 1.12 bits per heavy atom. The maximum Gasteiger partial charge on any atom is 0.239 e. The molecule has 2 aromatic carbocycles. The first-order chi connectivity index (χ1) is 11.5. The van der Waals surface area contributed by atoms with Gasteiger partial charge in [0, 0.05) is 18.8 Å². The average Bonchev–Trinajstić information content (AvgIpc) is 2.94. The third-order valence-corrected chi connectivity index (χ3v) is 4.35. The van der Waals surface area contributed by atoms with Crippen LogP contribution < -0.4 is 10.2 Å². The first-order valence-electron chi connectivity index (χ1n) is 8.26. The van der Waals surface area contributed by atoms with Crippen molar-refractivity contribution in [3.05, 3.63) is 65.2 Å². The second kappa shape index (κ2) is 6.87. The highest BCUT2D eigenvalue weighted by Crippen LogP contribution is 2.27. The number of hydrogen-bond donors (Lipinski definition) is 1. The van der Waals surface area contributed by atoms with Crippen molar-refractivity contribution in [1.29, 1.82) is 0 Å². The summed E-state index contributed by atoms with van der Waals surface area (Å²) in [4.78, 5) is 26.8. The molecule has 1 unspecified atom stereocenters. The second-order valence-corrected chi connectivity index (χ2v) is 6.38. The van der Waals surface area contributed by atoms with E-state index in [0.29, 0.717) is 19.5 Å². The van der Waals surface area contributed by atoms with E-state index in [1.807, 2.05) is 56.3 Å². The fraction of sp³-hybridized carbons (Fsp3) is 0.300. The van der Waals surface area contributed by atoms with Crippen LogP contribution in [0.1, 0.15) is 23.1 Å². The maximum atomic E-state index is 12.6. The van der Waals surface area contributed by atoms with E-state index in [2.05, 4.69) is 11.4 Å². The van der Waals surface area contributed by atoms with Crippen LogP contribution in [0.3, 0.4) is 0 Å². The predicted molar refractivity (Wildman–Crippen MR) is 94.7 cm³/mol. The molecule has 4 nitrogen and oxygen atoms in total. The molecule has 1 atom stereocenters. The van der Waals surface area contributed by atoms with Crippen LogP contribution in [0.25, 0.3) is 0 Å². The zero-order chi connectivity index (χ0) is 17.1. The van der Waals surface area contributed by atoms with Crippen molar-refractivity contribution in [3.8, 4) is 0 Å². The third kappa shape index (κ3) is 3.48. The zero-order valence-electron chi connectivity index (χ0n) is 14.1. The van der Waals surface area contributed by atoms with Gasteiger partial charge in [-0.2, -0.15) is 0 Å². The van der Waals surface area contributed by atoms with E-state index >= 15 is 0 Å². The number of anilines is 1. The Bertz CT molecular complexity index is 735. The smallest absolute Gasteiger partial charge is 0.239 e. The van der Waals surface area contributed by atoms with Gasteiger partial charge in [0.1, 0.15) is 5.92 Å². The Morgan fingerprint density at radius 2 is 1.79 bits per heavy atom. The average molecular weight is 322 g/mol. The monoisotopic (exact) mass is 322 g/mol. The molecule has 0 saturated carbocycles. The Labute approximate surface area is 142 Å². The summed E-state index contributed by atoms with van der Waals surface area (Å²) < 4.78 is 0. The molecule has 1 heterocycles. The topological polar surface area (TPSA) is 49.4 Å². The highest BCUT2D eigenvalue weighted by Gasteiger charge is 2.37. The van der Waals surface area contributed by atoms with Gasteiger partial charge in [0.05, 0.1) is 0 Å². The van der Waals surface area contributed by atoms with Gasteiger partial charge in [0.2, 0.25) is 11.8 Å². The molecule has 0 aliphatic carbocycles. The quantitative estimate of drug-likeness (QED) is 0.880. The summed E-state index contributed by atoms with van der Waals surface area (Å²) >= 11 is 0. The fourth-order valence-corrected chi connectivity index (χ4v) is 3.19. The van der Waals surface area contributed by atoms with Crippen molar-refractivity contribution in [2.45, 2.75) is 26.8 Å². The number of carbonyl (C=O) groups is 2. The van der Waals surface area contributed by atoms with Gasteiger partial charge in [-0.05, 0) is 49.1 Å². The fourth-order valence-electron chi connectivity index (χ4n) is 3.19. The number of rotatable bonds is 4. The lowest BCUT2D eigenvalue weighted by molar-refractivity contribution is -0.132. The molecule has 1 aliphatic heterocycles. The molecule has 4 heteroatoms.